The van der Waals surface area contributed by atoms with Crippen LogP contribution < -0.4 is 24.6 Å². The first-order valence-electron chi connectivity index (χ1n) is 12.6. The molecule has 0 bridgehead atoms. The van der Waals surface area contributed by atoms with Crippen molar-refractivity contribution in [1.82, 2.24) is 19.9 Å². The average Bonchev–Trinajstić information content (AvgIpc) is 2.92. The van der Waals surface area contributed by atoms with Gasteiger partial charge in [0.2, 0.25) is 17.7 Å². The zero-order chi connectivity index (χ0) is 31.7. The number of nitro groups is 1. The third-order valence-electron chi connectivity index (χ3n) is 6.06. The Bertz CT molecular complexity index is 1570. The molecule has 0 fully saturated rings. The normalized spacial score (nSPS) is 14.0. The summed E-state index contributed by atoms with van der Waals surface area (Å²) >= 11 is 0. The summed E-state index contributed by atoms with van der Waals surface area (Å²) in [5.74, 6) is -1.30. The third-order valence-corrected chi connectivity index (χ3v) is 6.06. The number of nitro benzene ring substituents is 1. The van der Waals surface area contributed by atoms with E-state index in [0.29, 0.717) is 0 Å². The molecular formula is C26H27F3N8O6. The standard InChI is InChI=1S/C26H27F3N8O6/c1-25(2)23(39)36(15-7-6-8-16(11-15)37(40)41)21-18(43-25)12-30-24(33-21)31-17-9-10-19(35(5)13-20(38)34(3)4)32-22(17)42-14-26(27,28)29/h6-12H,13-14H2,1-5H3,(H,30,31,33). The molecule has 14 nitrogen and oxygen atoms in total. The number of carbonyl (C=O) groups excluding carboxylic acids is 2. The van der Waals surface area contributed by atoms with Gasteiger partial charge in [0.15, 0.2) is 23.8 Å². The number of amides is 2. The Hall–Kier alpha value is -5.22. The van der Waals surface area contributed by atoms with Crippen molar-refractivity contribution in [3.8, 4) is 11.6 Å². The van der Waals surface area contributed by atoms with Crippen molar-refractivity contribution in [1.29, 1.82) is 0 Å². The maximum Gasteiger partial charge on any atom is 0.422 e. The number of benzene rings is 1. The van der Waals surface area contributed by atoms with E-state index in [9.17, 15) is 32.9 Å². The highest BCUT2D eigenvalue weighted by atomic mass is 19.4. The molecule has 3 aromatic rings. The predicted octanol–water partition coefficient (Wildman–Crippen LogP) is 3.82. The van der Waals surface area contributed by atoms with E-state index >= 15 is 0 Å². The van der Waals surface area contributed by atoms with Crippen LogP contribution >= 0.6 is 0 Å². The molecule has 4 rings (SSSR count). The SMILES string of the molecule is CN(C)C(=O)CN(C)c1ccc(Nc2ncc3c(n2)N(c2cccc([N+](=O)[O-])c2)C(=O)C(C)(C)O3)c(OCC(F)(F)F)n1. The number of carbonyl (C=O) groups is 2. The molecule has 0 spiro atoms. The zero-order valence-electron chi connectivity index (χ0n) is 23.7. The van der Waals surface area contributed by atoms with E-state index in [1.165, 1.54) is 73.3 Å². The number of nitrogens with one attached hydrogen (secondary N) is 1. The van der Waals surface area contributed by atoms with Gasteiger partial charge < -0.3 is 24.6 Å². The number of likely N-dealkylation sites (N-methyl/N-ethyl adjacent to an activating group) is 2. The lowest BCUT2D eigenvalue weighted by Gasteiger charge is -2.37. The van der Waals surface area contributed by atoms with E-state index in [4.69, 9.17) is 9.47 Å². The van der Waals surface area contributed by atoms with Crippen LogP contribution in [0.15, 0.2) is 42.6 Å². The molecule has 0 atom stereocenters. The Kier molecular flexibility index (Phi) is 8.27. The molecule has 0 saturated carbocycles. The van der Waals surface area contributed by atoms with Crippen LogP contribution in [0.25, 0.3) is 0 Å². The number of rotatable bonds is 9. The Balaban J connectivity index is 1.72. The van der Waals surface area contributed by atoms with Crippen LogP contribution in [0.2, 0.25) is 0 Å². The highest BCUT2D eigenvalue weighted by Crippen LogP contribution is 2.42. The Labute approximate surface area is 243 Å². The fourth-order valence-corrected chi connectivity index (χ4v) is 3.87. The third kappa shape index (κ3) is 6.99. The molecule has 1 aliphatic rings. The molecule has 2 amide bonds. The van der Waals surface area contributed by atoms with Gasteiger partial charge in [0.25, 0.3) is 11.6 Å². The van der Waals surface area contributed by atoms with Crippen molar-refractivity contribution in [2.75, 3.05) is 49.4 Å². The van der Waals surface area contributed by atoms with Crippen LogP contribution in [0.4, 0.5) is 47.8 Å². The number of halogens is 3. The molecule has 228 valence electrons. The van der Waals surface area contributed by atoms with Crippen LogP contribution in [0, 0.1) is 10.1 Å². The molecule has 43 heavy (non-hydrogen) atoms. The van der Waals surface area contributed by atoms with Crippen molar-refractivity contribution in [3.63, 3.8) is 0 Å². The van der Waals surface area contributed by atoms with E-state index in [0.717, 1.165) is 4.90 Å². The summed E-state index contributed by atoms with van der Waals surface area (Å²) in [6.45, 7) is 1.27. The maximum atomic E-state index is 13.4. The van der Waals surface area contributed by atoms with Crippen LogP contribution in [0.3, 0.4) is 0 Å². The fourth-order valence-electron chi connectivity index (χ4n) is 3.87. The molecule has 1 aromatic carbocycles. The molecule has 0 radical (unpaired) electrons. The van der Waals surface area contributed by atoms with Crippen molar-refractivity contribution in [3.05, 3.63) is 52.7 Å². The number of non-ortho nitro benzene ring substituents is 1. The minimum Gasteiger partial charge on any atom is -0.472 e. The fraction of sp³-hybridized carbons (Fsp3) is 0.346. The van der Waals surface area contributed by atoms with Crippen LogP contribution in [0.1, 0.15) is 13.8 Å². The molecule has 0 saturated heterocycles. The Morgan fingerprint density at radius 1 is 1.19 bits per heavy atom. The van der Waals surface area contributed by atoms with Crippen LogP contribution in [-0.4, -0.2) is 82.7 Å². The van der Waals surface area contributed by atoms with E-state index in [-0.39, 0.29) is 52.8 Å². The summed E-state index contributed by atoms with van der Waals surface area (Å²) in [5.41, 5.74) is -1.56. The first-order valence-corrected chi connectivity index (χ1v) is 12.6. The quantitative estimate of drug-likeness (QED) is 0.280. The van der Waals surface area contributed by atoms with Crippen molar-refractivity contribution < 1.29 is 37.2 Å². The van der Waals surface area contributed by atoms with Gasteiger partial charge in [0, 0.05) is 33.3 Å². The van der Waals surface area contributed by atoms with Gasteiger partial charge in [-0.15, -0.1) is 0 Å². The van der Waals surface area contributed by atoms with E-state index in [1.807, 2.05) is 0 Å². The second kappa shape index (κ2) is 11.6. The van der Waals surface area contributed by atoms with E-state index in [1.54, 1.807) is 14.1 Å². The van der Waals surface area contributed by atoms with E-state index in [2.05, 4.69) is 20.3 Å². The first-order chi connectivity index (χ1) is 20.1. The number of alkyl halides is 3. The number of fused-ring (bicyclic) bond motifs is 1. The largest absolute Gasteiger partial charge is 0.472 e. The predicted molar refractivity (Wildman–Crippen MR) is 148 cm³/mol. The molecular weight excluding hydrogens is 577 g/mol. The van der Waals surface area contributed by atoms with Gasteiger partial charge >= 0.3 is 6.18 Å². The van der Waals surface area contributed by atoms with Gasteiger partial charge in [-0.05, 0) is 32.0 Å². The second-order valence-corrected chi connectivity index (χ2v) is 10.1. The summed E-state index contributed by atoms with van der Waals surface area (Å²) in [4.78, 5) is 52.9. The van der Waals surface area contributed by atoms with Crippen LogP contribution in [0.5, 0.6) is 11.6 Å². The van der Waals surface area contributed by atoms with Gasteiger partial charge in [0.1, 0.15) is 11.5 Å². The van der Waals surface area contributed by atoms with Gasteiger partial charge in [-0.3, -0.25) is 24.6 Å². The molecule has 1 N–H and O–H groups in total. The lowest BCUT2D eigenvalue weighted by atomic mass is 10.0. The molecule has 2 aromatic heterocycles. The topological polar surface area (TPSA) is 156 Å². The highest BCUT2D eigenvalue weighted by Gasteiger charge is 2.43. The van der Waals surface area contributed by atoms with E-state index < -0.39 is 35.1 Å². The highest BCUT2D eigenvalue weighted by molar-refractivity contribution is 6.07. The van der Waals surface area contributed by atoms with Crippen molar-refractivity contribution in [2.45, 2.75) is 25.6 Å². The maximum absolute atomic E-state index is 13.4. The van der Waals surface area contributed by atoms with Gasteiger partial charge in [-0.1, -0.05) is 6.07 Å². The molecule has 0 unspecified atom stereocenters. The first kappa shape index (κ1) is 30.7. The number of ether oxygens (including phenoxy) is 2. The number of anilines is 5. The van der Waals surface area contributed by atoms with Gasteiger partial charge in [-0.25, -0.2) is 4.98 Å². The Morgan fingerprint density at radius 3 is 2.56 bits per heavy atom. The summed E-state index contributed by atoms with van der Waals surface area (Å²) in [6, 6.07) is 8.17. The monoisotopic (exact) mass is 604 g/mol. The minimum absolute atomic E-state index is 0.0504. The second-order valence-electron chi connectivity index (χ2n) is 10.1. The van der Waals surface area contributed by atoms with Crippen molar-refractivity contribution >= 4 is 46.5 Å². The number of nitrogens with zero attached hydrogens (tertiary/aromatic N) is 7. The average molecular weight is 605 g/mol. The smallest absolute Gasteiger partial charge is 0.422 e. The lowest BCUT2D eigenvalue weighted by Crippen LogP contribution is -2.51. The van der Waals surface area contributed by atoms with Crippen LogP contribution in [-0.2, 0) is 9.59 Å². The molecule has 17 heteroatoms. The molecule has 1 aliphatic heterocycles. The summed E-state index contributed by atoms with van der Waals surface area (Å²) in [7, 11) is 4.66. The zero-order valence-corrected chi connectivity index (χ0v) is 23.7. The lowest BCUT2D eigenvalue weighted by molar-refractivity contribution is -0.384. The number of pyridine rings is 1. The number of aromatic nitrogens is 3. The van der Waals surface area contributed by atoms with Crippen molar-refractivity contribution in [2.24, 2.45) is 0 Å². The summed E-state index contributed by atoms with van der Waals surface area (Å²) < 4.78 is 49.9. The molecule has 3 heterocycles. The minimum atomic E-state index is -4.67. The summed E-state index contributed by atoms with van der Waals surface area (Å²) in [6.07, 6.45) is -3.42. The number of hydrogen-bond acceptors (Lipinski definition) is 11. The van der Waals surface area contributed by atoms with Gasteiger partial charge in [0.05, 0.1) is 23.4 Å². The summed E-state index contributed by atoms with van der Waals surface area (Å²) in [5, 5.41) is 14.1. The number of hydrogen-bond donors (Lipinski definition) is 1. The molecule has 0 aliphatic carbocycles. The van der Waals surface area contributed by atoms with Gasteiger partial charge in [-0.2, -0.15) is 23.1 Å². The Morgan fingerprint density at radius 2 is 1.91 bits per heavy atom.